The number of nitrogens with zero attached hydrogens (tertiary/aromatic N) is 1. The Morgan fingerprint density at radius 1 is 1.12 bits per heavy atom. The van der Waals surface area contributed by atoms with Crippen LogP contribution < -0.4 is 0 Å². The summed E-state index contributed by atoms with van der Waals surface area (Å²) in [6.07, 6.45) is 0.762. The summed E-state index contributed by atoms with van der Waals surface area (Å²) in [6, 6.07) is 17.1. The van der Waals surface area contributed by atoms with Gasteiger partial charge in [0.25, 0.3) is 0 Å². The van der Waals surface area contributed by atoms with E-state index < -0.39 is 11.4 Å². The molecule has 4 heteroatoms. The van der Waals surface area contributed by atoms with Gasteiger partial charge in [-0.15, -0.1) is 0 Å². The normalized spacial score (nSPS) is 20.1. The number of aliphatic carboxylic acids is 1. The second kappa shape index (κ2) is 6.48. The van der Waals surface area contributed by atoms with Crippen LogP contribution in [0.15, 0.2) is 54.6 Å². The summed E-state index contributed by atoms with van der Waals surface area (Å²) >= 11 is 0. The summed E-state index contributed by atoms with van der Waals surface area (Å²) in [5.74, 6) is -0.876. The summed E-state index contributed by atoms with van der Waals surface area (Å²) in [5.41, 5.74) is 1.85. The highest BCUT2D eigenvalue weighted by Gasteiger charge is 2.47. The molecule has 1 saturated heterocycles. The van der Waals surface area contributed by atoms with Crippen molar-refractivity contribution in [1.29, 1.82) is 0 Å². The Bertz CT molecular complexity index is 756. The van der Waals surface area contributed by atoms with Crippen molar-refractivity contribution in [2.45, 2.75) is 25.2 Å². The van der Waals surface area contributed by atoms with Crippen LogP contribution in [0.2, 0.25) is 0 Å². The van der Waals surface area contributed by atoms with E-state index in [1.54, 1.807) is 4.90 Å². The van der Waals surface area contributed by atoms with Crippen molar-refractivity contribution in [3.05, 3.63) is 71.3 Å². The number of hydrogen-bond donors (Lipinski definition) is 1. The lowest BCUT2D eigenvalue weighted by molar-refractivity contribution is -0.143. The molecule has 3 rings (SSSR count). The lowest BCUT2D eigenvalue weighted by Gasteiger charge is -2.25. The van der Waals surface area contributed by atoms with Crippen LogP contribution in [0.1, 0.15) is 23.1 Å². The van der Waals surface area contributed by atoms with Crippen LogP contribution >= 0.6 is 0 Å². The summed E-state index contributed by atoms with van der Waals surface area (Å²) in [7, 11) is 0. The molecule has 0 radical (unpaired) electrons. The molecule has 2 aromatic carbocycles. The predicted octanol–water partition coefficient (Wildman–Crippen LogP) is 2.79. The second-order valence-electron chi connectivity index (χ2n) is 6.48. The van der Waals surface area contributed by atoms with E-state index in [1.165, 1.54) is 0 Å². The Kier molecular flexibility index (Phi) is 4.38. The molecule has 1 unspecified atom stereocenters. The molecule has 1 heterocycles. The van der Waals surface area contributed by atoms with Crippen LogP contribution in [-0.2, 0) is 21.4 Å². The van der Waals surface area contributed by atoms with Crippen LogP contribution in [0.4, 0.5) is 0 Å². The molecule has 0 spiro atoms. The number of amides is 1. The maximum absolute atomic E-state index is 12.6. The summed E-state index contributed by atoms with van der Waals surface area (Å²) in [6.45, 7) is 2.71. The number of rotatable bonds is 4. The molecule has 1 aliphatic rings. The first-order valence-corrected chi connectivity index (χ1v) is 8.13. The number of hydrogen-bond acceptors (Lipinski definition) is 2. The first-order chi connectivity index (χ1) is 11.5. The van der Waals surface area contributed by atoms with E-state index in [0.717, 1.165) is 16.7 Å². The lowest BCUT2D eigenvalue weighted by Crippen LogP contribution is -2.40. The Morgan fingerprint density at radius 2 is 1.88 bits per heavy atom. The first-order valence-electron chi connectivity index (χ1n) is 8.13. The highest BCUT2D eigenvalue weighted by Crippen LogP contribution is 2.35. The molecule has 1 N–H and O–H groups in total. The van der Waals surface area contributed by atoms with Crippen molar-refractivity contribution in [1.82, 2.24) is 4.90 Å². The largest absolute Gasteiger partial charge is 0.481 e. The van der Waals surface area contributed by atoms with Gasteiger partial charge >= 0.3 is 5.97 Å². The minimum absolute atomic E-state index is 0.0142. The van der Waals surface area contributed by atoms with E-state index in [0.29, 0.717) is 19.4 Å². The number of carbonyl (C=O) groups excluding carboxylic acids is 1. The minimum atomic E-state index is -0.997. The predicted molar refractivity (Wildman–Crippen MR) is 91.8 cm³/mol. The molecular formula is C20H21NO3. The zero-order valence-electron chi connectivity index (χ0n) is 13.7. The van der Waals surface area contributed by atoms with Gasteiger partial charge in [-0.25, -0.2) is 0 Å². The Morgan fingerprint density at radius 3 is 2.54 bits per heavy atom. The summed E-state index contributed by atoms with van der Waals surface area (Å²) in [4.78, 5) is 26.2. The third kappa shape index (κ3) is 3.04. The van der Waals surface area contributed by atoms with E-state index in [9.17, 15) is 14.7 Å². The van der Waals surface area contributed by atoms with Gasteiger partial charge in [0, 0.05) is 13.1 Å². The topological polar surface area (TPSA) is 57.6 Å². The first kappa shape index (κ1) is 16.2. The minimum Gasteiger partial charge on any atom is -0.481 e. The number of carboxylic acid groups (broad SMARTS) is 1. The number of carbonyl (C=O) groups is 2. The molecule has 124 valence electrons. The SMILES string of the molecule is Cc1cccc(CC(=O)N2CCC(C(=O)O)(c3ccccc3)C2)c1. The van der Waals surface area contributed by atoms with Gasteiger partial charge in [-0.1, -0.05) is 60.2 Å². The van der Waals surface area contributed by atoms with Gasteiger partial charge in [-0.05, 0) is 24.5 Å². The van der Waals surface area contributed by atoms with Crippen molar-refractivity contribution >= 4 is 11.9 Å². The monoisotopic (exact) mass is 323 g/mol. The Labute approximate surface area is 141 Å². The number of aryl methyl sites for hydroxylation is 1. The molecule has 0 aromatic heterocycles. The van der Waals surface area contributed by atoms with Gasteiger partial charge in [-0.2, -0.15) is 0 Å². The van der Waals surface area contributed by atoms with Crippen molar-refractivity contribution in [2.24, 2.45) is 0 Å². The lowest BCUT2D eigenvalue weighted by atomic mass is 9.80. The molecule has 1 fully saturated rings. The Hall–Kier alpha value is -2.62. The van der Waals surface area contributed by atoms with Gasteiger partial charge in [0.15, 0.2) is 0 Å². The van der Waals surface area contributed by atoms with Gasteiger partial charge in [0.2, 0.25) is 5.91 Å². The zero-order valence-corrected chi connectivity index (χ0v) is 13.7. The van der Waals surface area contributed by atoms with Crippen molar-refractivity contribution in [2.75, 3.05) is 13.1 Å². The van der Waals surface area contributed by atoms with Gasteiger partial charge in [0.1, 0.15) is 5.41 Å². The fraction of sp³-hybridized carbons (Fsp3) is 0.300. The third-order valence-electron chi connectivity index (χ3n) is 4.80. The van der Waals surface area contributed by atoms with Gasteiger partial charge in [-0.3, -0.25) is 9.59 Å². The molecule has 1 atom stereocenters. The molecule has 1 amide bonds. The quantitative estimate of drug-likeness (QED) is 0.941. The average Bonchev–Trinajstić information content (AvgIpc) is 3.02. The highest BCUT2D eigenvalue weighted by molar-refractivity contribution is 5.85. The average molecular weight is 323 g/mol. The molecule has 0 saturated carbocycles. The number of carboxylic acids is 1. The second-order valence-corrected chi connectivity index (χ2v) is 6.48. The Balaban J connectivity index is 1.78. The van der Waals surface area contributed by atoms with Crippen molar-refractivity contribution in [3.63, 3.8) is 0 Å². The highest BCUT2D eigenvalue weighted by atomic mass is 16.4. The molecule has 4 nitrogen and oxygen atoms in total. The van der Waals surface area contributed by atoms with Crippen LogP contribution in [0, 0.1) is 6.92 Å². The maximum Gasteiger partial charge on any atom is 0.316 e. The maximum atomic E-state index is 12.6. The zero-order chi connectivity index (χ0) is 17.2. The molecule has 2 aromatic rings. The molecule has 24 heavy (non-hydrogen) atoms. The van der Waals surface area contributed by atoms with E-state index in [1.807, 2.05) is 61.5 Å². The van der Waals surface area contributed by atoms with Crippen LogP contribution in [0.25, 0.3) is 0 Å². The fourth-order valence-corrected chi connectivity index (χ4v) is 3.42. The molecule has 0 bridgehead atoms. The molecule has 1 aliphatic heterocycles. The smallest absolute Gasteiger partial charge is 0.316 e. The van der Waals surface area contributed by atoms with E-state index >= 15 is 0 Å². The third-order valence-corrected chi connectivity index (χ3v) is 4.80. The van der Waals surface area contributed by atoms with Crippen LogP contribution in [-0.4, -0.2) is 35.0 Å². The molecular weight excluding hydrogens is 302 g/mol. The fourth-order valence-electron chi connectivity index (χ4n) is 3.42. The van der Waals surface area contributed by atoms with Crippen LogP contribution in [0.5, 0.6) is 0 Å². The summed E-state index contributed by atoms with van der Waals surface area (Å²) in [5, 5.41) is 9.80. The van der Waals surface area contributed by atoms with E-state index in [2.05, 4.69) is 0 Å². The van der Waals surface area contributed by atoms with Crippen LogP contribution in [0.3, 0.4) is 0 Å². The summed E-state index contributed by atoms with van der Waals surface area (Å²) < 4.78 is 0. The molecule has 0 aliphatic carbocycles. The number of likely N-dealkylation sites (tertiary alicyclic amines) is 1. The van der Waals surface area contributed by atoms with E-state index in [4.69, 9.17) is 0 Å². The van der Waals surface area contributed by atoms with Crippen molar-refractivity contribution < 1.29 is 14.7 Å². The number of benzene rings is 2. The standard InChI is InChI=1S/C20H21NO3/c1-15-6-5-7-16(12-15)13-18(22)21-11-10-20(14-21,19(23)24)17-8-3-2-4-9-17/h2-9,12H,10-11,13-14H2,1H3,(H,23,24). The van der Waals surface area contributed by atoms with Gasteiger partial charge in [0.05, 0.1) is 6.42 Å². The van der Waals surface area contributed by atoms with E-state index in [-0.39, 0.29) is 12.5 Å². The van der Waals surface area contributed by atoms with Gasteiger partial charge < -0.3 is 10.0 Å². The van der Waals surface area contributed by atoms with Crippen molar-refractivity contribution in [3.8, 4) is 0 Å².